The number of esters is 1. The Labute approximate surface area is 185 Å². The van der Waals surface area contributed by atoms with Crippen molar-refractivity contribution in [3.8, 4) is 0 Å². The third kappa shape index (κ3) is 3.58. The van der Waals surface area contributed by atoms with Crippen molar-refractivity contribution in [3.05, 3.63) is 35.9 Å². The Bertz CT molecular complexity index is 838. The summed E-state index contributed by atoms with van der Waals surface area (Å²) in [5.74, 6) is 0.728. The lowest BCUT2D eigenvalue weighted by Gasteiger charge is -2.50. The molecule has 3 aliphatic rings. The van der Waals surface area contributed by atoms with Gasteiger partial charge < -0.3 is 14.2 Å². The summed E-state index contributed by atoms with van der Waals surface area (Å²) in [4.78, 5) is 27.7. The van der Waals surface area contributed by atoms with Gasteiger partial charge in [0.1, 0.15) is 17.9 Å². The molecule has 2 heterocycles. The van der Waals surface area contributed by atoms with Crippen molar-refractivity contribution < 1.29 is 23.8 Å². The first-order valence-corrected chi connectivity index (χ1v) is 11.5. The molecule has 0 radical (unpaired) electrons. The molecule has 1 saturated carbocycles. The minimum absolute atomic E-state index is 0.141. The van der Waals surface area contributed by atoms with E-state index in [1.165, 1.54) is 6.92 Å². The van der Waals surface area contributed by atoms with Gasteiger partial charge in [-0.3, -0.25) is 9.69 Å². The SMILES string of the molecule is CC(=O)N1[C@H]2O[C@@](C(=O)O[C@@H]3C[C@H](C)CC[C@H]3C(C)C)(c3ccccc3)[C@H]2OC1(C)C. The number of carbonyl (C=O) groups excluding carboxylic acids is 2. The summed E-state index contributed by atoms with van der Waals surface area (Å²) >= 11 is 0. The molecule has 2 aliphatic heterocycles. The molecule has 0 bridgehead atoms. The maximum absolute atomic E-state index is 13.8. The minimum Gasteiger partial charge on any atom is -0.460 e. The van der Waals surface area contributed by atoms with Crippen LogP contribution in [-0.4, -0.2) is 40.9 Å². The molecule has 31 heavy (non-hydrogen) atoms. The Balaban J connectivity index is 1.66. The highest BCUT2D eigenvalue weighted by Gasteiger charge is 2.72. The summed E-state index contributed by atoms with van der Waals surface area (Å²) in [6.07, 6.45) is 1.72. The van der Waals surface area contributed by atoms with Crippen molar-refractivity contribution in [2.45, 2.75) is 90.6 Å². The van der Waals surface area contributed by atoms with E-state index in [4.69, 9.17) is 14.2 Å². The van der Waals surface area contributed by atoms with E-state index in [1.807, 2.05) is 44.2 Å². The van der Waals surface area contributed by atoms with Crippen LogP contribution in [0.1, 0.15) is 66.4 Å². The highest BCUT2D eigenvalue weighted by atomic mass is 16.7. The zero-order valence-electron chi connectivity index (χ0n) is 19.5. The van der Waals surface area contributed by atoms with E-state index < -0.39 is 29.6 Å². The summed E-state index contributed by atoms with van der Waals surface area (Å²) in [5, 5.41) is 0. The molecule has 3 fully saturated rings. The molecule has 1 aromatic rings. The number of benzene rings is 1. The Morgan fingerprint density at radius 2 is 1.81 bits per heavy atom. The quantitative estimate of drug-likeness (QED) is 0.671. The monoisotopic (exact) mass is 429 g/mol. The van der Waals surface area contributed by atoms with Gasteiger partial charge >= 0.3 is 5.97 Å². The topological polar surface area (TPSA) is 65.1 Å². The number of rotatable bonds is 4. The molecule has 6 heteroatoms. The maximum Gasteiger partial charge on any atom is 0.346 e. The molecule has 1 aromatic carbocycles. The predicted octanol–water partition coefficient (Wildman–Crippen LogP) is 4.23. The zero-order chi connectivity index (χ0) is 22.6. The summed E-state index contributed by atoms with van der Waals surface area (Å²) in [6, 6.07) is 9.39. The fourth-order valence-corrected chi connectivity index (χ4v) is 5.68. The number of fused-ring (bicyclic) bond motifs is 1. The molecular weight excluding hydrogens is 394 g/mol. The summed E-state index contributed by atoms with van der Waals surface area (Å²) < 4.78 is 18.8. The molecule has 6 atom stereocenters. The third-order valence-electron chi connectivity index (χ3n) is 7.28. The van der Waals surface area contributed by atoms with Crippen LogP contribution in [0.25, 0.3) is 0 Å². The first-order chi connectivity index (χ1) is 14.6. The molecular formula is C25H35NO5. The Morgan fingerprint density at radius 3 is 2.42 bits per heavy atom. The first kappa shape index (κ1) is 22.3. The Morgan fingerprint density at radius 1 is 1.13 bits per heavy atom. The van der Waals surface area contributed by atoms with Gasteiger partial charge in [-0.2, -0.15) is 0 Å². The normalized spacial score (nSPS) is 36.6. The number of carbonyl (C=O) groups is 2. The number of nitrogens with zero attached hydrogens (tertiary/aromatic N) is 1. The second-order valence-electron chi connectivity index (χ2n) is 10.3. The second kappa shape index (κ2) is 7.89. The lowest BCUT2D eigenvalue weighted by atomic mass is 9.75. The molecule has 1 amide bonds. The van der Waals surface area contributed by atoms with Crippen LogP contribution >= 0.6 is 0 Å². The largest absolute Gasteiger partial charge is 0.460 e. The van der Waals surface area contributed by atoms with Crippen molar-refractivity contribution in [1.29, 1.82) is 0 Å². The molecule has 4 rings (SSSR count). The van der Waals surface area contributed by atoms with Crippen molar-refractivity contribution >= 4 is 11.9 Å². The Hall–Kier alpha value is -1.92. The predicted molar refractivity (Wildman–Crippen MR) is 116 cm³/mol. The molecule has 0 aromatic heterocycles. The van der Waals surface area contributed by atoms with Gasteiger partial charge in [-0.05, 0) is 50.0 Å². The van der Waals surface area contributed by atoms with Gasteiger partial charge in [0.25, 0.3) is 0 Å². The fraction of sp³-hybridized carbons (Fsp3) is 0.680. The van der Waals surface area contributed by atoms with Gasteiger partial charge in [-0.1, -0.05) is 57.5 Å². The first-order valence-electron chi connectivity index (χ1n) is 11.5. The van der Waals surface area contributed by atoms with Crippen LogP contribution in [0.15, 0.2) is 30.3 Å². The summed E-state index contributed by atoms with van der Waals surface area (Å²) in [6.45, 7) is 11.8. The average Bonchev–Trinajstić information content (AvgIpc) is 2.90. The number of ether oxygens (including phenoxy) is 3. The van der Waals surface area contributed by atoms with Crippen LogP contribution in [0.3, 0.4) is 0 Å². The smallest absolute Gasteiger partial charge is 0.346 e. The molecule has 0 spiro atoms. The summed E-state index contributed by atoms with van der Waals surface area (Å²) in [7, 11) is 0. The molecule has 170 valence electrons. The van der Waals surface area contributed by atoms with Crippen LogP contribution in [0.2, 0.25) is 0 Å². The number of hydrogen-bond acceptors (Lipinski definition) is 5. The van der Waals surface area contributed by atoms with Crippen LogP contribution in [0, 0.1) is 17.8 Å². The van der Waals surface area contributed by atoms with E-state index >= 15 is 0 Å². The van der Waals surface area contributed by atoms with Crippen LogP contribution in [0.5, 0.6) is 0 Å². The number of hydrogen-bond donors (Lipinski definition) is 0. The average molecular weight is 430 g/mol. The van der Waals surface area contributed by atoms with Gasteiger partial charge in [-0.15, -0.1) is 0 Å². The van der Waals surface area contributed by atoms with Gasteiger partial charge in [0.2, 0.25) is 11.5 Å². The van der Waals surface area contributed by atoms with Crippen molar-refractivity contribution in [2.75, 3.05) is 0 Å². The van der Waals surface area contributed by atoms with E-state index in [1.54, 1.807) is 4.90 Å². The van der Waals surface area contributed by atoms with E-state index in [2.05, 4.69) is 20.8 Å². The molecule has 6 nitrogen and oxygen atoms in total. The van der Waals surface area contributed by atoms with Crippen molar-refractivity contribution in [2.24, 2.45) is 17.8 Å². The van der Waals surface area contributed by atoms with Gasteiger partial charge in [0.05, 0.1) is 0 Å². The molecule has 1 aliphatic carbocycles. The Kier molecular flexibility index (Phi) is 5.67. The lowest BCUT2D eigenvalue weighted by Crippen LogP contribution is -2.68. The highest BCUT2D eigenvalue weighted by Crippen LogP contribution is 2.54. The van der Waals surface area contributed by atoms with E-state index in [9.17, 15) is 9.59 Å². The van der Waals surface area contributed by atoms with Crippen LogP contribution in [-0.2, 0) is 29.4 Å². The maximum atomic E-state index is 13.8. The van der Waals surface area contributed by atoms with Gasteiger partial charge in [0.15, 0.2) is 6.23 Å². The molecule has 2 saturated heterocycles. The zero-order valence-corrected chi connectivity index (χ0v) is 19.5. The second-order valence-corrected chi connectivity index (χ2v) is 10.3. The molecule has 0 N–H and O–H groups in total. The van der Waals surface area contributed by atoms with Crippen LogP contribution < -0.4 is 0 Å². The summed E-state index contributed by atoms with van der Waals surface area (Å²) in [5.41, 5.74) is -1.53. The van der Waals surface area contributed by atoms with E-state index in [-0.39, 0.29) is 12.0 Å². The standard InChI is InChI=1S/C25H35NO5/c1-15(2)19-13-12-16(3)14-20(19)29-23(28)25(18-10-8-7-9-11-18)21-22(31-25)26(17(4)27)24(5,6)30-21/h7-11,15-16,19-22H,12-14H2,1-6H3/t16-,19+,20-,21+,22+,25+/m1/s1. The molecule has 0 unspecified atom stereocenters. The van der Waals surface area contributed by atoms with Crippen LogP contribution in [0.4, 0.5) is 0 Å². The minimum atomic E-state index is -1.37. The van der Waals surface area contributed by atoms with E-state index in [0.29, 0.717) is 23.3 Å². The van der Waals surface area contributed by atoms with Gasteiger partial charge in [-0.25, -0.2) is 4.79 Å². The lowest BCUT2D eigenvalue weighted by molar-refractivity contribution is -0.297. The third-order valence-corrected chi connectivity index (χ3v) is 7.28. The van der Waals surface area contributed by atoms with E-state index in [0.717, 1.165) is 19.3 Å². The highest BCUT2D eigenvalue weighted by molar-refractivity contribution is 5.85. The van der Waals surface area contributed by atoms with Crippen molar-refractivity contribution in [3.63, 3.8) is 0 Å². The van der Waals surface area contributed by atoms with Crippen molar-refractivity contribution in [1.82, 2.24) is 4.90 Å². The number of amides is 1. The van der Waals surface area contributed by atoms with Gasteiger partial charge in [0, 0.05) is 6.92 Å². The fourth-order valence-electron chi connectivity index (χ4n) is 5.68.